The standard InChI is InChI=1S/C3H6O5.CH2O3/c1-5-7-3(4)8-6-2;2-1(3)4/h1-2H3;(H2,2,3,4). The lowest BCUT2D eigenvalue weighted by atomic mass is 11.4. The molecule has 0 aliphatic carbocycles. The number of hydrogen-bond acceptors (Lipinski definition) is 6. The van der Waals surface area contributed by atoms with Crippen molar-refractivity contribution >= 4 is 12.3 Å². The van der Waals surface area contributed by atoms with Gasteiger partial charge in [-0.2, -0.15) is 14.6 Å². The number of hydrogen-bond donors (Lipinski definition) is 2. The van der Waals surface area contributed by atoms with Crippen molar-refractivity contribution in [3.63, 3.8) is 0 Å². The minimum atomic E-state index is -1.83. The molecular formula is C4H8O8. The maximum absolute atomic E-state index is 9.95. The van der Waals surface area contributed by atoms with E-state index in [0.717, 1.165) is 0 Å². The first-order chi connectivity index (χ1) is 5.54. The van der Waals surface area contributed by atoms with Crippen LogP contribution in [0.4, 0.5) is 9.59 Å². The third-order valence-corrected chi connectivity index (χ3v) is 0.303. The van der Waals surface area contributed by atoms with E-state index < -0.39 is 12.3 Å². The van der Waals surface area contributed by atoms with Gasteiger partial charge in [-0.05, 0) is 0 Å². The second-order valence-electron chi connectivity index (χ2n) is 1.03. The van der Waals surface area contributed by atoms with Crippen LogP contribution in [0, 0.1) is 0 Å². The molecule has 0 atom stereocenters. The zero-order valence-corrected chi connectivity index (χ0v) is 6.34. The Balaban J connectivity index is 0. The van der Waals surface area contributed by atoms with Crippen molar-refractivity contribution in [1.29, 1.82) is 0 Å². The molecular weight excluding hydrogens is 176 g/mol. The summed E-state index contributed by atoms with van der Waals surface area (Å²) in [7, 11) is 2.36. The van der Waals surface area contributed by atoms with Crippen molar-refractivity contribution < 1.29 is 39.4 Å². The fourth-order valence-corrected chi connectivity index (χ4v) is 0.150. The first-order valence-corrected chi connectivity index (χ1v) is 2.41. The molecule has 0 bridgehead atoms. The van der Waals surface area contributed by atoms with Gasteiger partial charge < -0.3 is 10.2 Å². The maximum atomic E-state index is 9.95. The molecule has 0 radical (unpaired) electrons. The Kier molecular flexibility index (Phi) is 10.3. The molecule has 0 saturated heterocycles. The largest absolute Gasteiger partial charge is 0.573 e. The summed E-state index contributed by atoms with van der Waals surface area (Å²) < 4.78 is 0. The lowest BCUT2D eigenvalue weighted by Gasteiger charge is -1.94. The smallest absolute Gasteiger partial charge is 0.450 e. The summed E-state index contributed by atoms with van der Waals surface area (Å²) in [5.74, 6) is 0. The second-order valence-corrected chi connectivity index (χ2v) is 1.03. The van der Waals surface area contributed by atoms with E-state index in [9.17, 15) is 4.79 Å². The zero-order chi connectivity index (χ0) is 9.98. The number of carbonyl (C=O) groups excluding carboxylic acids is 1. The van der Waals surface area contributed by atoms with Crippen LogP contribution in [0.15, 0.2) is 0 Å². The summed E-state index contributed by atoms with van der Waals surface area (Å²) >= 11 is 0. The van der Waals surface area contributed by atoms with Crippen LogP contribution >= 0.6 is 0 Å². The van der Waals surface area contributed by atoms with E-state index in [1.54, 1.807) is 0 Å². The third kappa shape index (κ3) is 23.7. The first kappa shape index (κ1) is 13.1. The summed E-state index contributed by atoms with van der Waals surface area (Å²) in [5, 5.41) is 13.9. The minimum Gasteiger partial charge on any atom is -0.450 e. The fraction of sp³-hybridized carbons (Fsp3) is 0.500. The van der Waals surface area contributed by atoms with Crippen molar-refractivity contribution in [3.8, 4) is 0 Å². The van der Waals surface area contributed by atoms with E-state index in [4.69, 9.17) is 15.0 Å². The molecule has 0 amide bonds. The molecule has 8 nitrogen and oxygen atoms in total. The molecule has 0 aliphatic rings. The molecule has 0 rings (SSSR count). The summed E-state index contributed by atoms with van der Waals surface area (Å²) in [4.78, 5) is 33.9. The van der Waals surface area contributed by atoms with Gasteiger partial charge in [0.15, 0.2) is 0 Å². The average Bonchev–Trinajstić information content (AvgIpc) is 1.87. The van der Waals surface area contributed by atoms with E-state index in [-0.39, 0.29) is 0 Å². The van der Waals surface area contributed by atoms with Crippen LogP contribution in [-0.4, -0.2) is 36.7 Å². The Bertz CT molecular complexity index is 119. The Hall–Kier alpha value is -1.54. The molecule has 0 aromatic carbocycles. The molecule has 0 fully saturated rings. The van der Waals surface area contributed by atoms with Crippen molar-refractivity contribution in [2.45, 2.75) is 0 Å². The first-order valence-electron chi connectivity index (χ1n) is 2.41. The summed E-state index contributed by atoms with van der Waals surface area (Å²) in [6.45, 7) is 0. The minimum absolute atomic E-state index is 1.03. The monoisotopic (exact) mass is 184 g/mol. The van der Waals surface area contributed by atoms with E-state index >= 15 is 0 Å². The highest BCUT2D eigenvalue weighted by Crippen LogP contribution is 1.82. The highest BCUT2D eigenvalue weighted by molar-refractivity contribution is 5.58. The fourth-order valence-electron chi connectivity index (χ4n) is 0.150. The third-order valence-electron chi connectivity index (χ3n) is 0.303. The van der Waals surface area contributed by atoms with Crippen LogP contribution in [0.25, 0.3) is 0 Å². The van der Waals surface area contributed by atoms with Gasteiger partial charge in [0, 0.05) is 0 Å². The number of rotatable bonds is 2. The SMILES string of the molecule is COOC(=O)OOC.O=C(O)O. The Labute approximate surface area is 67.1 Å². The van der Waals surface area contributed by atoms with Gasteiger partial charge in [0.1, 0.15) is 0 Å². The van der Waals surface area contributed by atoms with Crippen LogP contribution in [-0.2, 0) is 19.6 Å². The summed E-state index contributed by atoms with van der Waals surface area (Å²) in [5.41, 5.74) is 0. The van der Waals surface area contributed by atoms with Gasteiger partial charge in [-0.1, -0.05) is 0 Å². The molecule has 0 heterocycles. The molecule has 8 heteroatoms. The topological polar surface area (TPSA) is 112 Å². The maximum Gasteiger partial charge on any atom is 0.573 e. The molecule has 72 valence electrons. The Morgan fingerprint density at radius 1 is 1.00 bits per heavy atom. The highest BCUT2D eigenvalue weighted by Gasteiger charge is 2.01. The lowest BCUT2D eigenvalue weighted by molar-refractivity contribution is -0.298. The average molecular weight is 184 g/mol. The molecule has 0 aromatic heterocycles. The number of carbonyl (C=O) groups is 2. The van der Waals surface area contributed by atoms with Gasteiger partial charge in [-0.25, -0.2) is 4.79 Å². The Morgan fingerprint density at radius 3 is 1.42 bits per heavy atom. The van der Waals surface area contributed by atoms with E-state index in [1.807, 2.05) is 0 Å². The number of carboxylic acid groups (broad SMARTS) is 2. The molecule has 0 unspecified atom stereocenters. The molecule has 0 aliphatic heterocycles. The van der Waals surface area contributed by atoms with Gasteiger partial charge in [-0.3, -0.25) is 9.78 Å². The highest BCUT2D eigenvalue weighted by atomic mass is 17.3. The van der Waals surface area contributed by atoms with Gasteiger partial charge in [0.05, 0.1) is 14.2 Å². The molecule has 0 aromatic rings. The Morgan fingerprint density at radius 2 is 1.25 bits per heavy atom. The lowest BCUT2D eigenvalue weighted by Crippen LogP contribution is -2.04. The predicted octanol–water partition coefficient (Wildman–Crippen LogP) is 0.485. The zero-order valence-electron chi connectivity index (χ0n) is 6.34. The van der Waals surface area contributed by atoms with Gasteiger partial charge in [0.2, 0.25) is 0 Å². The van der Waals surface area contributed by atoms with Crippen LogP contribution < -0.4 is 0 Å². The van der Waals surface area contributed by atoms with Crippen LogP contribution in [0.5, 0.6) is 0 Å². The van der Waals surface area contributed by atoms with Gasteiger partial charge in [0.25, 0.3) is 0 Å². The van der Waals surface area contributed by atoms with E-state index in [2.05, 4.69) is 19.6 Å². The van der Waals surface area contributed by atoms with Crippen LogP contribution in [0.3, 0.4) is 0 Å². The predicted molar refractivity (Wildman–Crippen MR) is 32.2 cm³/mol. The van der Waals surface area contributed by atoms with Crippen molar-refractivity contribution in [2.24, 2.45) is 0 Å². The quantitative estimate of drug-likeness (QED) is 0.470. The van der Waals surface area contributed by atoms with Gasteiger partial charge in [-0.15, -0.1) is 0 Å². The molecule has 0 saturated carbocycles. The van der Waals surface area contributed by atoms with Crippen LogP contribution in [0.1, 0.15) is 0 Å². The summed E-state index contributed by atoms with van der Waals surface area (Å²) in [6.07, 6.45) is -2.87. The molecule has 0 spiro atoms. The molecule has 2 N–H and O–H groups in total. The van der Waals surface area contributed by atoms with E-state index in [0.29, 0.717) is 0 Å². The van der Waals surface area contributed by atoms with Crippen molar-refractivity contribution in [1.82, 2.24) is 0 Å². The van der Waals surface area contributed by atoms with E-state index in [1.165, 1.54) is 14.2 Å². The normalized spacial score (nSPS) is 7.50. The second kappa shape index (κ2) is 9.46. The van der Waals surface area contributed by atoms with Crippen LogP contribution in [0.2, 0.25) is 0 Å². The summed E-state index contributed by atoms with van der Waals surface area (Å²) in [6, 6.07) is 0. The van der Waals surface area contributed by atoms with Crippen molar-refractivity contribution in [2.75, 3.05) is 14.2 Å². The molecule has 12 heavy (non-hydrogen) atoms. The van der Waals surface area contributed by atoms with Crippen molar-refractivity contribution in [3.05, 3.63) is 0 Å². The van der Waals surface area contributed by atoms with Gasteiger partial charge >= 0.3 is 12.3 Å².